The zero-order valence-electron chi connectivity index (χ0n) is 9.87. The van der Waals surface area contributed by atoms with Crippen LogP contribution >= 0.6 is 0 Å². The zero-order valence-corrected chi connectivity index (χ0v) is 9.87. The lowest BCUT2D eigenvalue weighted by Gasteiger charge is -2.41. The number of hydrazine groups is 1. The summed E-state index contributed by atoms with van der Waals surface area (Å²) in [5.74, 6) is -6.42. The summed E-state index contributed by atoms with van der Waals surface area (Å²) >= 11 is 0. The predicted octanol–water partition coefficient (Wildman–Crippen LogP) is 0.326. The third-order valence-corrected chi connectivity index (χ3v) is 3.18. The number of alkyl halides is 2. The summed E-state index contributed by atoms with van der Waals surface area (Å²) in [6, 6.07) is 2.96. The van der Waals surface area contributed by atoms with E-state index in [-0.39, 0.29) is 18.5 Å². The van der Waals surface area contributed by atoms with Gasteiger partial charge in [0, 0.05) is 6.20 Å². The van der Waals surface area contributed by atoms with Crippen molar-refractivity contribution < 1.29 is 23.5 Å². The maximum Gasteiger partial charge on any atom is 0.354 e. The van der Waals surface area contributed by atoms with Crippen LogP contribution in [0.4, 0.5) is 8.78 Å². The maximum absolute atomic E-state index is 13.6. The first-order chi connectivity index (χ1) is 8.87. The Labute approximate surface area is 107 Å². The van der Waals surface area contributed by atoms with Gasteiger partial charge in [-0.3, -0.25) is 20.4 Å². The van der Waals surface area contributed by atoms with Gasteiger partial charge in [0.1, 0.15) is 11.3 Å². The Morgan fingerprint density at radius 1 is 1.37 bits per heavy atom. The van der Waals surface area contributed by atoms with Crippen molar-refractivity contribution in [3.05, 3.63) is 24.0 Å². The number of nitrogens with one attached hydrogen (secondary N) is 3. The van der Waals surface area contributed by atoms with Gasteiger partial charge in [-0.2, -0.15) is 8.78 Å². The fourth-order valence-corrected chi connectivity index (χ4v) is 1.77. The van der Waals surface area contributed by atoms with E-state index in [9.17, 15) is 23.5 Å². The molecule has 0 aliphatic heterocycles. The summed E-state index contributed by atoms with van der Waals surface area (Å²) in [4.78, 5) is 25.3. The molecule has 1 aliphatic carbocycles. The van der Waals surface area contributed by atoms with Gasteiger partial charge in [-0.05, 0) is 31.4 Å². The van der Waals surface area contributed by atoms with Crippen LogP contribution in [-0.2, 0) is 4.79 Å². The van der Waals surface area contributed by atoms with Crippen LogP contribution in [-0.4, -0.2) is 33.4 Å². The minimum absolute atomic E-state index is 0.117. The molecule has 8 heteroatoms. The van der Waals surface area contributed by atoms with Gasteiger partial charge in [0.25, 0.3) is 5.91 Å². The van der Waals surface area contributed by atoms with E-state index in [0.29, 0.717) is 6.42 Å². The van der Waals surface area contributed by atoms with Gasteiger partial charge in [-0.15, -0.1) is 0 Å². The number of halogens is 2. The lowest BCUT2D eigenvalue weighted by molar-refractivity contribution is -0.216. The Morgan fingerprint density at radius 3 is 2.53 bits per heavy atom. The predicted molar refractivity (Wildman–Crippen MR) is 60.1 cm³/mol. The topological polar surface area (TPSA) is 94.2 Å². The Morgan fingerprint density at radius 2 is 2.05 bits per heavy atom. The molecule has 1 aromatic heterocycles. The highest BCUT2D eigenvalue weighted by molar-refractivity contribution is 5.94. The highest BCUT2D eigenvalue weighted by Gasteiger charge is 2.61. The van der Waals surface area contributed by atoms with Gasteiger partial charge in [0.2, 0.25) is 0 Å². The number of carbonyl (C=O) groups excluding carboxylic acids is 2. The number of hydrogen-bond acceptors (Lipinski definition) is 3. The molecular weight excluding hydrogens is 260 g/mol. The fourth-order valence-electron chi connectivity index (χ4n) is 1.77. The maximum atomic E-state index is 13.6. The Kier molecular flexibility index (Phi) is 3.27. The van der Waals surface area contributed by atoms with E-state index < -0.39 is 23.3 Å². The average Bonchev–Trinajstić information content (AvgIpc) is 2.85. The third kappa shape index (κ3) is 2.30. The van der Waals surface area contributed by atoms with Crippen LogP contribution in [0.3, 0.4) is 0 Å². The summed E-state index contributed by atoms with van der Waals surface area (Å²) in [5.41, 5.74) is 1.27. The van der Waals surface area contributed by atoms with Crippen LogP contribution < -0.4 is 10.9 Å². The number of aromatic nitrogens is 1. The largest absolute Gasteiger partial charge is 0.383 e. The molecule has 0 atom stereocenters. The normalized spacial score (nSPS) is 17.4. The summed E-state index contributed by atoms with van der Waals surface area (Å²) in [5, 5.41) is 9.53. The van der Waals surface area contributed by atoms with Crippen molar-refractivity contribution in [2.45, 2.75) is 30.8 Å². The number of aliphatic hydroxyl groups is 1. The van der Waals surface area contributed by atoms with Crippen LogP contribution in [0.5, 0.6) is 0 Å². The molecule has 1 aliphatic rings. The van der Waals surface area contributed by atoms with Crippen LogP contribution in [0.25, 0.3) is 0 Å². The van der Waals surface area contributed by atoms with E-state index in [0.717, 1.165) is 0 Å². The molecule has 0 unspecified atom stereocenters. The standard InChI is InChI=1S/C11H13F2N3O3/c12-11(13,10(19)4-2-5-10)9(18)16-15-8(17)7-3-1-6-14-7/h1,3,6,14,19H,2,4-5H2,(H,15,17)(H,16,18). The van der Waals surface area contributed by atoms with E-state index in [1.54, 1.807) is 11.5 Å². The first kappa shape index (κ1) is 13.5. The zero-order chi connectivity index (χ0) is 14.1. The molecule has 2 rings (SSSR count). The summed E-state index contributed by atoms with van der Waals surface area (Å²) in [7, 11) is 0. The summed E-state index contributed by atoms with van der Waals surface area (Å²) < 4.78 is 27.2. The van der Waals surface area contributed by atoms with E-state index in [1.807, 2.05) is 5.43 Å². The molecule has 1 fully saturated rings. The molecule has 19 heavy (non-hydrogen) atoms. The van der Waals surface area contributed by atoms with Crippen LogP contribution in [0.1, 0.15) is 29.8 Å². The molecule has 0 bridgehead atoms. The molecule has 0 saturated heterocycles. The van der Waals surface area contributed by atoms with E-state index in [4.69, 9.17) is 0 Å². The first-order valence-electron chi connectivity index (χ1n) is 5.71. The minimum atomic E-state index is -3.94. The molecule has 1 heterocycles. The van der Waals surface area contributed by atoms with Gasteiger partial charge in [-0.1, -0.05) is 0 Å². The number of hydrogen-bond donors (Lipinski definition) is 4. The van der Waals surface area contributed by atoms with Gasteiger partial charge in [-0.25, -0.2) is 0 Å². The van der Waals surface area contributed by atoms with Gasteiger partial charge in [0.15, 0.2) is 0 Å². The number of aromatic amines is 1. The number of amides is 2. The SMILES string of the molecule is O=C(NNC(=O)C(F)(F)C1(O)CCC1)c1ccc[nH]1. The Balaban J connectivity index is 1.92. The molecule has 1 saturated carbocycles. The quantitative estimate of drug-likeness (QED) is 0.598. The Hall–Kier alpha value is -1.96. The second kappa shape index (κ2) is 4.61. The van der Waals surface area contributed by atoms with Crippen molar-refractivity contribution >= 4 is 11.8 Å². The molecular formula is C11H13F2N3O3. The lowest BCUT2D eigenvalue weighted by atomic mass is 9.75. The molecule has 104 valence electrons. The fraction of sp³-hybridized carbons (Fsp3) is 0.455. The Bertz CT molecular complexity index is 483. The highest BCUT2D eigenvalue weighted by Crippen LogP contribution is 2.44. The third-order valence-electron chi connectivity index (χ3n) is 3.18. The summed E-state index contributed by atoms with van der Waals surface area (Å²) in [6.45, 7) is 0. The van der Waals surface area contributed by atoms with Crippen molar-refractivity contribution in [1.82, 2.24) is 15.8 Å². The molecule has 0 spiro atoms. The minimum Gasteiger partial charge on any atom is -0.383 e. The molecule has 0 aromatic carbocycles. The van der Waals surface area contributed by atoms with Crippen molar-refractivity contribution in [1.29, 1.82) is 0 Å². The van der Waals surface area contributed by atoms with Gasteiger partial charge >= 0.3 is 11.8 Å². The highest BCUT2D eigenvalue weighted by atomic mass is 19.3. The van der Waals surface area contributed by atoms with Gasteiger partial charge in [0.05, 0.1) is 0 Å². The van der Waals surface area contributed by atoms with Crippen molar-refractivity contribution in [2.24, 2.45) is 0 Å². The second-order valence-corrected chi connectivity index (χ2v) is 4.45. The lowest BCUT2D eigenvalue weighted by Crippen LogP contribution is -2.62. The van der Waals surface area contributed by atoms with E-state index in [1.165, 1.54) is 12.3 Å². The van der Waals surface area contributed by atoms with Crippen molar-refractivity contribution in [3.63, 3.8) is 0 Å². The average molecular weight is 273 g/mol. The molecule has 1 aromatic rings. The molecule has 2 amide bonds. The van der Waals surface area contributed by atoms with E-state index in [2.05, 4.69) is 4.98 Å². The molecule has 4 N–H and O–H groups in total. The molecule has 0 radical (unpaired) electrons. The smallest absolute Gasteiger partial charge is 0.354 e. The molecule has 6 nitrogen and oxygen atoms in total. The van der Waals surface area contributed by atoms with Crippen LogP contribution in [0.15, 0.2) is 18.3 Å². The number of carbonyl (C=O) groups is 2. The number of rotatable bonds is 3. The monoisotopic (exact) mass is 273 g/mol. The van der Waals surface area contributed by atoms with Crippen molar-refractivity contribution in [3.8, 4) is 0 Å². The van der Waals surface area contributed by atoms with Crippen LogP contribution in [0.2, 0.25) is 0 Å². The van der Waals surface area contributed by atoms with Crippen LogP contribution in [0, 0.1) is 0 Å². The van der Waals surface area contributed by atoms with E-state index >= 15 is 0 Å². The summed E-state index contributed by atoms with van der Waals surface area (Å²) in [6.07, 6.45) is 1.63. The second-order valence-electron chi connectivity index (χ2n) is 4.45. The number of H-pyrrole nitrogens is 1. The van der Waals surface area contributed by atoms with Gasteiger partial charge < -0.3 is 10.1 Å². The van der Waals surface area contributed by atoms with Crippen molar-refractivity contribution in [2.75, 3.05) is 0 Å². The first-order valence-corrected chi connectivity index (χ1v) is 5.71.